The second-order valence-corrected chi connectivity index (χ2v) is 6.12. The van der Waals surface area contributed by atoms with Crippen LogP contribution in [-0.4, -0.2) is 19.5 Å². The van der Waals surface area contributed by atoms with Crippen molar-refractivity contribution in [3.05, 3.63) is 71.4 Å². The van der Waals surface area contributed by atoms with Crippen molar-refractivity contribution in [2.75, 3.05) is 0 Å². The molecule has 0 radical (unpaired) electrons. The Morgan fingerprint density at radius 3 is 2.81 bits per heavy atom. The van der Waals surface area contributed by atoms with Gasteiger partial charge in [0, 0.05) is 36.0 Å². The summed E-state index contributed by atoms with van der Waals surface area (Å²) in [6.07, 6.45) is 6.51. The zero-order chi connectivity index (χ0) is 18.1. The van der Waals surface area contributed by atoms with Gasteiger partial charge in [0.2, 0.25) is 5.88 Å². The molecule has 0 aliphatic heterocycles. The maximum atomic E-state index is 11.8. The highest BCUT2D eigenvalue weighted by atomic mass is 16.5. The Morgan fingerprint density at radius 2 is 2.04 bits per heavy atom. The summed E-state index contributed by atoms with van der Waals surface area (Å²) in [6.45, 7) is 4.08. The van der Waals surface area contributed by atoms with Gasteiger partial charge in [-0.15, -0.1) is 0 Å². The minimum Gasteiger partial charge on any atom is -0.439 e. The molecule has 0 bridgehead atoms. The van der Waals surface area contributed by atoms with Crippen molar-refractivity contribution in [1.29, 1.82) is 0 Å². The molecule has 0 spiro atoms. The Kier molecular flexibility index (Phi) is 3.96. The van der Waals surface area contributed by atoms with Crippen molar-refractivity contribution in [3.8, 4) is 17.4 Å². The minimum atomic E-state index is -0.372. The predicted molar refractivity (Wildman–Crippen MR) is 95.8 cm³/mol. The molecular formula is C19H16N4O3. The van der Waals surface area contributed by atoms with Crippen molar-refractivity contribution < 1.29 is 9.15 Å². The van der Waals surface area contributed by atoms with Crippen molar-refractivity contribution in [3.63, 3.8) is 0 Å². The van der Waals surface area contributed by atoms with Crippen LogP contribution in [0.25, 0.3) is 16.8 Å². The topological polar surface area (TPSA) is 83.0 Å². The molecule has 0 atom stereocenters. The molecule has 0 saturated carbocycles. The molecule has 0 fully saturated rings. The lowest BCUT2D eigenvalue weighted by atomic mass is 10.00. The SMILES string of the molecule is CC(C)c1cc(=O)oc2cc(Oc3cc(-n4ccnc4)ncn3)ccc12. The highest BCUT2D eigenvalue weighted by Crippen LogP contribution is 2.29. The van der Waals surface area contributed by atoms with Crippen LogP contribution in [0.2, 0.25) is 0 Å². The lowest BCUT2D eigenvalue weighted by Gasteiger charge is -2.10. The number of rotatable bonds is 4. The first-order valence-corrected chi connectivity index (χ1v) is 8.16. The van der Waals surface area contributed by atoms with E-state index in [4.69, 9.17) is 9.15 Å². The monoisotopic (exact) mass is 348 g/mol. The lowest BCUT2D eigenvalue weighted by molar-refractivity contribution is 0.459. The summed E-state index contributed by atoms with van der Waals surface area (Å²) in [5, 5.41) is 0.897. The second-order valence-electron chi connectivity index (χ2n) is 6.12. The van der Waals surface area contributed by atoms with Gasteiger partial charge in [0.05, 0.1) is 0 Å². The van der Waals surface area contributed by atoms with Crippen molar-refractivity contribution >= 4 is 11.0 Å². The average molecular weight is 348 g/mol. The molecule has 0 saturated heterocycles. The summed E-state index contributed by atoms with van der Waals surface area (Å²) in [7, 11) is 0. The third-order valence-electron chi connectivity index (χ3n) is 3.99. The first-order valence-electron chi connectivity index (χ1n) is 8.16. The predicted octanol–water partition coefficient (Wildman–Crippen LogP) is 3.68. The fourth-order valence-corrected chi connectivity index (χ4v) is 2.75. The van der Waals surface area contributed by atoms with E-state index in [1.165, 1.54) is 12.4 Å². The fourth-order valence-electron chi connectivity index (χ4n) is 2.75. The van der Waals surface area contributed by atoms with Crippen LogP contribution in [0.4, 0.5) is 0 Å². The first-order chi connectivity index (χ1) is 12.6. The molecule has 3 aromatic heterocycles. The molecule has 3 heterocycles. The van der Waals surface area contributed by atoms with E-state index in [1.807, 2.05) is 26.0 Å². The van der Waals surface area contributed by atoms with Gasteiger partial charge in [-0.1, -0.05) is 13.8 Å². The van der Waals surface area contributed by atoms with E-state index in [1.54, 1.807) is 35.4 Å². The number of hydrogen-bond acceptors (Lipinski definition) is 6. The zero-order valence-electron chi connectivity index (χ0n) is 14.3. The van der Waals surface area contributed by atoms with Gasteiger partial charge in [-0.05, 0) is 23.6 Å². The highest BCUT2D eigenvalue weighted by Gasteiger charge is 2.11. The summed E-state index contributed by atoms with van der Waals surface area (Å²) in [5.74, 6) is 1.76. The van der Waals surface area contributed by atoms with E-state index >= 15 is 0 Å². The van der Waals surface area contributed by atoms with Gasteiger partial charge in [0.1, 0.15) is 29.8 Å². The molecular weight excluding hydrogens is 332 g/mol. The Balaban J connectivity index is 1.70. The van der Waals surface area contributed by atoms with Gasteiger partial charge in [-0.25, -0.2) is 19.7 Å². The third-order valence-corrected chi connectivity index (χ3v) is 3.99. The molecule has 7 heteroatoms. The van der Waals surface area contributed by atoms with E-state index in [0.717, 1.165) is 10.9 Å². The van der Waals surface area contributed by atoms with Crippen LogP contribution in [0.3, 0.4) is 0 Å². The normalized spacial score (nSPS) is 11.2. The van der Waals surface area contributed by atoms with Crippen molar-refractivity contribution in [2.45, 2.75) is 19.8 Å². The van der Waals surface area contributed by atoms with Crippen LogP contribution >= 0.6 is 0 Å². The Bertz CT molecular complexity index is 1120. The van der Waals surface area contributed by atoms with E-state index in [0.29, 0.717) is 23.0 Å². The zero-order valence-corrected chi connectivity index (χ0v) is 14.3. The smallest absolute Gasteiger partial charge is 0.336 e. The number of imidazole rings is 1. The van der Waals surface area contributed by atoms with Crippen LogP contribution in [0.15, 0.2) is 64.6 Å². The summed E-state index contributed by atoms with van der Waals surface area (Å²) < 4.78 is 12.9. The van der Waals surface area contributed by atoms with Crippen molar-refractivity contribution in [2.24, 2.45) is 0 Å². The summed E-state index contributed by atoms with van der Waals surface area (Å²) in [4.78, 5) is 24.1. The highest BCUT2D eigenvalue weighted by molar-refractivity contribution is 5.82. The van der Waals surface area contributed by atoms with Crippen LogP contribution in [-0.2, 0) is 0 Å². The standard InChI is InChI=1S/C19H16N4O3/c1-12(2)15-8-19(24)26-16-7-13(3-4-14(15)16)25-18-9-17(21-10-22-18)23-6-5-20-11-23/h3-12H,1-2H3. The first kappa shape index (κ1) is 16.0. The minimum absolute atomic E-state index is 0.216. The van der Waals surface area contributed by atoms with Gasteiger partial charge >= 0.3 is 5.63 Å². The number of nitrogens with zero attached hydrogens (tertiary/aromatic N) is 4. The van der Waals surface area contributed by atoms with Crippen molar-refractivity contribution in [1.82, 2.24) is 19.5 Å². The number of aromatic nitrogens is 4. The number of benzene rings is 1. The summed E-state index contributed by atoms with van der Waals surface area (Å²) in [5.41, 5.74) is 1.07. The van der Waals surface area contributed by atoms with Gasteiger partial charge in [-0.3, -0.25) is 4.57 Å². The Morgan fingerprint density at radius 1 is 1.15 bits per heavy atom. The molecule has 1 aromatic carbocycles. The van der Waals surface area contributed by atoms with Gasteiger partial charge in [-0.2, -0.15) is 0 Å². The molecule has 4 aromatic rings. The molecule has 0 aliphatic rings. The molecule has 0 amide bonds. The van der Waals surface area contributed by atoms with E-state index in [9.17, 15) is 4.79 Å². The fraction of sp³-hybridized carbons (Fsp3) is 0.158. The molecule has 0 aliphatic carbocycles. The number of ether oxygens (including phenoxy) is 1. The molecule has 0 N–H and O–H groups in total. The summed E-state index contributed by atoms with van der Waals surface area (Å²) >= 11 is 0. The van der Waals surface area contributed by atoms with Crippen LogP contribution in [0, 0.1) is 0 Å². The molecule has 130 valence electrons. The van der Waals surface area contributed by atoms with Gasteiger partial charge in [0.15, 0.2) is 0 Å². The quantitative estimate of drug-likeness (QED) is 0.523. The molecule has 0 unspecified atom stereocenters. The summed E-state index contributed by atoms with van der Waals surface area (Å²) in [6, 6.07) is 8.65. The number of fused-ring (bicyclic) bond motifs is 1. The van der Waals surface area contributed by atoms with Gasteiger partial charge < -0.3 is 9.15 Å². The van der Waals surface area contributed by atoms with E-state index in [-0.39, 0.29) is 11.5 Å². The maximum absolute atomic E-state index is 11.8. The molecule has 4 rings (SSSR count). The Labute approximate surface area is 148 Å². The van der Waals surface area contributed by atoms with E-state index < -0.39 is 0 Å². The average Bonchev–Trinajstić information content (AvgIpc) is 3.15. The van der Waals surface area contributed by atoms with Gasteiger partial charge in [0.25, 0.3) is 0 Å². The maximum Gasteiger partial charge on any atom is 0.336 e. The van der Waals surface area contributed by atoms with E-state index in [2.05, 4.69) is 15.0 Å². The third kappa shape index (κ3) is 3.06. The molecule has 7 nitrogen and oxygen atoms in total. The van der Waals surface area contributed by atoms with Crippen LogP contribution < -0.4 is 10.4 Å². The lowest BCUT2D eigenvalue weighted by Crippen LogP contribution is -2.02. The largest absolute Gasteiger partial charge is 0.439 e. The van der Waals surface area contributed by atoms with Crippen LogP contribution in [0.1, 0.15) is 25.3 Å². The number of hydrogen-bond donors (Lipinski definition) is 0. The second kappa shape index (κ2) is 6.44. The molecule has 26 heavy (non-hydrogen) atoms. The van der Waals surface area contributed by atoms with Crippen LogP contribution in [0.5, 0.6) is 11.6 Å². The Hall–Kier alpha value is -3.48.